The summed E-state index contributed by atoms with van der Waals surface area (Å²) in [6, 6.07) is 0. The van der Waals surface area contributed by atoms with Crippen molar-refractivity contribution in [1.82, 2.24) is 16.0 Å². The molecule has 84 valence electrons. The van der Waals surface area contributed by atoms with E-state index < -0.39 is 0 Å². The molecule has 0 aliphatic heterocycles. The van der Waals surface area contributed by atoms with E-state index in [2.05, 4.69) is 29.9 Å². The fourth-order valence-corrected chi connectivity index (χ4v) is 3.45. The molecule has 0 amide bonds. The quantitative estimate of drug-likeness (QED) is 0.422. The Bertz CT molecular complexity index is 180. The van der Waals surface area contributed by atoms with Crippen molar-refractivity contribution < 1.29 is 0 Å². The van der Waals surface area contributed by atoms with E-state index in [4.69, 9.17) is 0 Å². The second kappa shape index (κ2) is 4.75. The molecule has 1 unspecified atom stereocenters. The van der Waals surface area contributed by atoms with Gasteiger partial charge in [-0.2, -0.15) is 0 Å². The molecule has 4 heteroatoms. The van der Waals surface area contributed by atoms with Crippen molar-refractivity contribution in [3.63, 3.8) is 0 Å². The molecule has 0 radical (unpaired) electrons. The van der Waals surface area contributed by atoms with Crippen LogP contribution < -0.4 is 16.0 Å². The first-order chi connectivity index (χ1) is 6.54. The summed E-state index contributed by atoms with van der Waals surface area (Å²) in [7, 11) is 5.18. The van der Waals surface area contributed by atoms with Crippen LogP contribution >= 0.6 is 0 Å². The van der Waals surface area contributed by atoms with Crippen LogP contribution in [0.15, 0.2) is 0 Å². The molecule has 0 saturated heterocycles. The Balaban J connectivity index is 2.54. The van der Waals surface area contributed by atoms with Crippen LogP contribution in [0, 0.1) is 0 Å². The number of hydrogen-bond donors (Lipinski definition) is 3. The number of nitrogens with one attached hydrogen (secondary N) is 3. The van der Waals surface area contributed by atoms with Gasteiger partial charge >= 0.3 is 0 Å². The van der Waals surface area contributed by atoms with Crippen molar-refractivity contribution in [3.05, 3.63) is 0 Å². The normalized spacial score (nSPS) is 25.1. The van der Waals surface area contributed by atoms with Crippen molar-refractivity contribution in [2.24, 2.45) is 0 Å². The van der Waals surface area contributed by atoms with Crippen molar-refractivity contribution in [3.8, 4) is 0 Å². The standard InChI is InChI=1S/C10H25N3Si/c1-9(6-4-5-7-9)13-10(14,12-3)8-11-2/h11-13H,4-8H2,1-3,14H3. The summed E-state index contributed by atoms with van der Waals surface area (Å²) >= 11 is 0. The van der Waals surface area contributed by atoms with E-state index in [-0.39, 0.29) is 5.29 Å². The van der Waals surface area contributed by atoms with Gasteiger partial charge < -0.3 is 10.6 Å². The number of hydrogen-bond acceptors (Lipinski definition) is 3. The molecule has 0 heterocycles. The number of rotatable bonds is 5. The lowest BCUT2D eigenvalue weighted by Crippen LogP contribution is -2.67. The molecule has 0 bridgehead atoms. The average Bonchev–Trinajstić information content (AvgIpc) is 2.52. The molecular weight excluding hydrogens is 190 g/mol. The van der Waals surface area contributed by atoms with Gasteiger partial charge in [0, 0.05) is 22.3 Å². The molecule has 1 rings (SSSR count). The van der Waals surface area contributed by atoms with Crippen LogP contribution in [0.25, 0.3) is 0 Å². The summed E-state index contributed by atoms with van der Waals surface area (Å²) < 4.78 is 0. The molecule has 14 heavy (non-hydrogen) atoms. The topological polar surface area (TPSA) is 36.1 Å². The maximum absolute atomic E-state index is 3.81. The van der Waals surface area contributed by atoms with Gasteiger partial charge in [-0.25, -0.2) is 0 Å². The Labute approximate surface area is 90.8 Å². The predicted octanol–water partition coefficient (Wildman–Crippen LogP) is -0.633. The van der Waals surface area contributed by atoms with Gasteiger partial charge in [-0.3, -0.25) is 5.32 Å². The molecule has 0 aromatic heterocycles. The van der Waals surface area contributed by atoms with Gasteiger partial charge in [0.25, 0.3) is 0 Å². The van der Waals surface area contributed by atoms with Crippen LogP contribution in [0.5, 0.6) is 0 Å². The van der Waals surface area contributed by atoms with Crippen LogP contribution in [0.3, 0.4) is 0 Å². The van der Waals surface area contributed by atoms with Gasteiger partial charge in [0.15, 0.2) is 0 Å². The Morgan fingerprint density at radius 3 is 2.29 bits per heavy atom. The van der Waals surface area contributed by atoms with Gasteiger partial charge in [0.1, 0.15) is 0 Å². The minimum Gasteiger partial charge on any atom is -0.317 e. The molecule has 1 atom stereocenters. The Morgan fingerprint density at radius 2 is 1.86 bits per heavy atom. The zero-order valence-corrected chi connectivity index (χ0v) is 12.0. The van der Waals surface area contributed by atoms with E-state index in [1.165, 1.54) is 25.7 Å². The van der Waals surface area contributed by atoms with E-state index in [0.717, 1.165) is 16.8 Å². The van der Waals surface area contributed by atoms with Crippen LogP contribution in [0.4, 0.5) is 0 Å². The fraction of sp³-hybridized carbons (Fsp3) is 1.00. The highest BCUT2D eigenvalue weighted by Gasteiger charge is 2.34. The Kier molecular flexibility index (Phi) is 4.12. The molecule has 3 nitrogen and oxygen atoms in total. The van der Waals surface area contributed by atoms with Gasteiger partial charge in [0.05, 0.1) is 5.29 Å². The minimum atomic E-state index is 0.147. The molecule has 1 saturated carbocycles. The highest BCUT2D eigenvalue weighted by atomic mass is 28.1. The lowest BCUT2D eigenvalue weighted by molar-refractivity contribution is 0.257. The number of likely N-dealkylation sites (N-methyl/N-ethyl adjacent to an activating group) is 2. The first-order valence-electron chi connectivity index (χ1n) is 5.66. The second-order valence-electron chi connectivity index (χ2n) is 5.01. The summed E-state index contributed by atoms with van der Waals surface area (Å²) in [5, 5.41) is 10.6. The first kappa shape index (κ1) is 12.2. The van der Waals surface area contributed by atoms with Crippen molar-refractivity contribution in [2.45, 2.75) is 43.4 Å². The summed E-state index contributed by atoms with van der Waals surface area (Å²) in [6.45, 7) is 3.37. The third-order valence-corrected chi connectivity index (χ3v) is 4.47. The first-order valence-corrected chi connectivity index (χ1v) is 6.66. The Hall–Kier alpha value is 0.0969. The largest absolute Gasteiger partial charge is 0.317 e. The van der Waals surface area contributed by atoms with E-state index in [1.54, 1.807) is 0 Å². The summed E-state index contributed by atoms with van der Waals surface area (Å²) in [5.74, 6) is 0. The predicted molar refractivity (Wildman–Crippen MR) is 65.7 cm³/mol. The maximum Gasteiger partial charge on any atom is 0.0598 e. The average molecular weight is 215 g/mol. The third-order valence-electron chi connectivity index (χ3n) is 3.37. The molecule has 3 N–H and O–H groups in total. The lowest BCUT2D eigenvalue weighted by Gasteiger charge is -2.39. The molecule has 0 aromatic carbocycles. The van der Waals surface area contributed by atoms with E-state index >= 15 is 0 Å². The van der Waals surface area contributed by atoms with Gasteiger partial charge in [-0.05, 0) is 33.9 Å². The molecule has 0 spiro atoms. The molecule has 1 fully saturated rings. The molecule has 0 aromatic rings. The molecule has 1 aliphatic rings. The Morgan fingerprint density at radius 1 is 1.29 bits per heavy atom. The summed E-state index contributed by atoms with van der Waals surface area (Å²) in [5.41, 5.74) is 0.363. The van der Waals surface area contributed by atoms with Gasteiger partial charge in [0.2, 0.25) is 0 Å². The van der Waals surface area contributed by atoms with Crippen molar-refractivity contribution in [2.75, 3.05) is 20.6 Å². The fourth-order valence-electron chi connectivity index (χ4n) is 2.50. The third kappa shape index (κ3) is 3.05. The van der Waals surface area contributed by atoms with Crippen molar-refractivity contribution in [1.29, 1.82) is 0 Å². The highest BCUT2D eigenvalue weighted by molar-refractivity contribution is 6.15. The zero-order valence-electron chi connectivity index (χ0n) is 10.0. The van der Waals surface area contributed by atoms with Gasteiger partial charge in [-0.15, -0.1) is 0 Å². The molecular formula is C10H25N3Si. The van der Waals surface area contributed by atoms with Crippen molar-refractivity contribution >= 4 is 10.2 Å². The van der Waals surface area contributed by atoms with Crippen LogP contribution in [-0.4, -0.2) is 41.7 Å². The van der Waals surface area contributed by atoms with E-state index in [0.29, 0.717) is 5.54 Å². The van der Waals surface area contributed by atoms with Crippen LogP contribution in [-0.2, 0) is 0 Å². The van der Waals surface area contributed by atoms with Gasteiger partial charge in [-0.1, -0.05) is 12.8 Å². The zero-order chi connectivity index (χ0) is 10.7. The lowest BCUT2D eigenvalue weighted by atomic mass is 10.0. The highest BCUT2D eigenvalue weighted by Crippen LogP contribution is 2.29. The smallest absolute Gasteiger partial charge is 0.0598 e. The molecule has 1 aliphatic carbocycles. The summed E-state index contributed by atoms with van der Waals surface area (Å²) in [4.78, 5) is 0. The second-order valence-corrected chi connectivity index (χ2v) is 6.71. The van der Waals surface area contributed by atoms with Crippen LogP contribution in [0.2, 0.25) is 0 Å². The summed E-state index contributed by atoms with van der Waals surface area (Å²) in [6.07, 6.45) is 5.40. The van der Waals surface area contributed by atoms with Crippen LogP contribution in [0.1, 0.15) is 32.6 Å². The van der Waals surface area contributed by atoms with E-state index in [9.17, 15) is 0 Å². The van der Waals surface area contributed by atoms with E-state index in [1.807, 2.05) is 7.05 Å². The monoisotopic (exact) mass is 215 g/mol. The SMILES string of the molecule is CNCC([SiH3])(NC)NC1(C)CCCC1. The minimum absolute atomic E-state index is 0.147. The maximum atomic E-state index is 3.81.